The molecule has 1 unspecified atom stereocenters. The van der Waals surface area contributed by atoms with E-state index in [1.165, 1.54) is 31.4 Å². The molecule has 2 atom stereocenters. The zero-order valence-electron chi connectivity index (χ0n) is 23.6. The molecule has 210 valence electrons. The number of carbonyl (C=O) groups is 1. The minimum atomic E-state index is -2.88. The van der Waals surface area contributed by atoms with Gasteiger partial charge in [0.25, 0.3) is 0 Å². The van der Waals surface area contributed by atoms with Crippen LogP contribution in [0.3, 0.4) is 0 Å². The number of hydrogen-bond acceptors (Lipinski definition) is 6. The number of nitrogens with zero attached hydrogens (tertiary/aromatic N) is 1. The third kappa shape index (κ3) is 5.55. The van der Waals surface area contributed by atoms with Crippen molar-refractivity contribution in [3.63, 3.8) is 0 Å². The molecule has 2 aliphatic heterocycles. The molecule has 4 aromatic carbocycles. The van der Waals surface area contributed by atoms with Crippen molar-refractivity contribution in [2.75, 3.05) is 18.0 Å². The van der Waals surface area contributed by atoms with Crippen LogP contribution in [0.2, 0.25) is 0 Å². The normalized spacial score (nSPS) is 19.4. The Balaban J connectivity index is 1.32. The van der Waals surface area contributed by atoms with Crippen molar-refractivity contribution in [2.24, 2.45) is 0 Å². The number of hydrogen-bond donors (Lipinski definition) is 0. The summed E-state index contributed by atoms with van der Waals surface area (Å²) in [6, 6.07) is 27.6. The fourth-order valence-corrected chi connectivity index (χ4v) is 5.47. The van der Waals surface area contributed by atoms with E-state index in [4.69, 9.17) is 18.6 Å². The largest absolute Gasteiger partial charge is 0.716 e. The fraction of sp³-hybridized carbons (Fsp3) is 0.265. The van der Waals surface area contributed by atoms with E-state index in [0.717, 1.165) is 35.0 Å². The van der Waals surface area contributed by atoms with Gasteiger partial charge in [0.15, 0.2) is 0 Å². The van der Waals surface area contributed by atoms with Crippen LogP contribution in [0.5, 0.6) is 11.5 Å². The zero-order chi connectivity index (χ0) is 28.2. The van der Waals surface area contributed by atoms with Gasteiger partial charge in [-0.2, -0.15) is 0 Å². The summed E-state index contributed by atoms with van der Waals surface area (Å²) in [5.41, 5.74) is 3.47. The van der Waals surface area contributed by atoms with E-state index in [1.54, 1.807) is 24.3 Å². The van der Waals surface area contributed by atoms with Crippen molar-refractivity contribution in [2.45, 2.75) is 45.6 Å². The molecule has 0 N–H and O–H groups in total. The van der Waals surface area contributed by atoms with Gasteiger partial charge in [-0.1, -0.05) is 99.5 Å². The highest BCUT2D eigenvalue weighted by Crippen LogP contribution is 2.45. The van der Waals surface area contributed by atoms with Crippen molar-refractivity contribution < 1.29 is 23.4 Å². The standard InChI is InChI=1S/C34H35BNO5/c1-3-5-23-36(24-6-4-2)27-19-15-25(16-20-27)17-22-32-29-21-18-26-11-7-8-12-28(26)33(29)40-35(39-32)38-31-14-10-9-13-30(31)34(37)41-35/h7-22,32H,3-6,23-24H2,1-2H3/q-1/b22-17+/t32-,35?/m1/s1. The van der Waals surface area contributed by atoms with Crippen LogP contribution in [0.4, 0.5) is 5.69 Å². The highest BCUT2D eigenvalue weighted by Gasteiger charge is 2.50. The van der Waals surface area contributed by atoms with Gasteiger partial charge in [-0.3, -0.25) is 4.79 Å². The smallest absolute Gasteiger partial charge is 0.622 e. The Labute approximate surface area is 241 Å². The van der Waals surface area contributed by atoms with E-state index in [9.17, 15) is 4.79 Å². The molecule has 6 rings (SSSR count). The maximum Gasteiger partial charge on any atom is 0.716 e. The second-order valence-corrected chi connectivity index (χ2v) is 10.6. The van der Waals surface area contributed by atoms with Crippen LogP contribution < -0.4 is 14.2 Å². The topological polar surface area (TPSA) is 57.2 Å². The summed E-state index contributed by atoms with van der Waals surface area (Å²) >= 11 is 0. The van der Waals surface area contributed by atoms with Crippen molar-refractivity contribution in [1.82, 2.24) is 0 Å². The molecule has 0 aliphatic carbocycles. The number of fused-ring (bicyclic) bond motifs is 4. The maximum atomic E-state index is 13.0. The summed E-state index contributed by atoms with van der Waals surface area (Å²) in [5, 5.41) is 1.91. The second-order valence-electron chi connectivity index (χ2n) is 10.6. The first kappa shape index (κ1) is 27.0. The molecule has 1 spiro atoms. The fourth-order valence-electron chi connectivity index (χ4n) is 5.47. The van der Waals surface area contributed by atoms with E-state index < -0.39 is 19.0 Å². The van der Waals surface area contributed by atoms with Gasteiger partial charge in [0, 0.05) is 29.7 Å². The van der Waals surface area contributed by atoms with Crippen molar-refractivity contribution in [3.05, 3.63) is 108 Å². The molecule has 41 heavy (non-hydrogen) atoms. The van der Waals surface area contributed by atoms with Crippen molar-refractivity contribution in [3.8, 4) is 11.5 Å². The van der Waals surface area contributed by atoms with Gasteiger partial charge in [0.1, 0.15) is 0 Å². The molecule has 0 fully saturated rings. The Morgan fingerprint density at radius 1 is 0.805 bits per heavy atom. The Kier molecular flexibility index (Phi) is 7.70. The Bertz CT molecular complexity index is 1560. The van der Waals surface area contributed by atoms with Gasteiger partial charge < -0.3 is 23.5 Å². The van der Waals surface area contributed by atoms with Crippen LogP contribution in [0.15, 0.2) is 91.0 Å². The predicted octanol–water partition coefficient (Wildman–Crippen LogP) is 8.09. The monoisotopic (exact) mass is 548 g/mol. The quantitative estimate of drug-likeness (QED) is 0.197. The number of rotatable bonds is 9. The van der Waals surface area contributed by atoms with E-state index in [-0.39, 0.29) is 0 Å². The molecule has 0 radical (unpaired) electrons. The Morgan fingerprint density at radius 2 is 1.54 bits per heavy atom. The first-order valence-electron chi connectivity index (χ1n) is 14.6. The van der Waals surface area contributed by atoms with Gasteiger partial charge in [0.05, 0.1) is 23.2 Å². The first-order valence-corrected chi connectivity index (χ1v) is 14.6. The molecule has 2 aliphatic rings. The van der Waals surface area contributed by atoms with Crippen molar-refractivity contribution >= 4 is 35.5 Å². The summed E-state index contributed by atoms with van der Waals surface area (Å²) in [4.78, 5) is 15.4. The molecular formula is C34H35BNO5-. The summed E-state index contributed by atoms with van der Waals surface area (Å²) < 4.78 is 24.6. The van der Waals surface area contributed by atoms with Gasteiger partial charge in [-0.25, -0.2) is 0 Å². The van der Waals surface area contributed by atoms with Crippen LogP contribution >= 0.6 is 0 Å². The summed E-state index contributed by atoms with van der Waals surface area (Å²) in [6.07, 6.45) is 8.16. The minimum Gasteiger partial charge on any atom is -0.622 e. The van der Waals surface area contributed by atoms with Crippen LogP contribution in [0.1, 0.15) is 67.1 Å². The van der Waals surface area contributed by atoms with Crippen molar-refractivity contribution in [1.29, 1.82) is 0 Å². The predicted molar refractivity (Wildman–Crippen MR) is 164 cm³/mol. The molecule has 0 bridgehead atoms. The molecular weight excluding hydrogens is 513 g/mol. The molecule has 0 amide bonds. The van der Waals surface area contributed by atoms with E-state index >= 15 is 0 Å². The third-order valence-electron chi connectivity index (χ3n) is 7.71. The number of anilines is 1. The molecule has 7 heteroatoms. The minimum absolute atomic E-state index is 0.343. The third-order valence-corrected chi connectivity index (χ3v) is 7.71. The lowest BCUT2D eigenvalue weighted by Crippen LogP contribution is -2.60. The van der Waals surface area contributed by atoms with E-state index in [1.807, 2.05) is 48.6 Å². The molecule has 6 nitrogen and oxygen atoms in total. The summed E-state index contributed by atoms with van der Waals surface area (Å²) in [7, 11) is 0. The molecule has 0 saturated carbocycles. The van der Waals surface area contributed by atoms with Crippen LogP contribution in [-0.2, 0) is 9.31 Å². The summed E-state index contributed by atoms with van der Waals surface area (Å²) in [6.45, 7) is 3.71. The first-order chi connectivity index (χ1) is 20.1. The lowest BCUT2D eigenvalue weighted by Gasteiger charge is -2.49. The average molecular weight is 548 g/mol. The van der Waals surface area contributed by atoms with Gasteiger partial charge in [-0.15, -0.1) is 0 Å². The lowest BCUT2D eigenvalue weighted by molar-refractivity contribution is 0.00442. The van der Waals surface area contributed by atoms with Gasteiger partial charge >= 0.3 is 12.9 Å². The summed E-state index contributed by atoms with van der Waals surface area (Å²) in [5.74, 6) is 0.431. The molecule has 2 heterocycles. The highest BCUT2D eigenvalue weighted by atomic mass is 16.9. The van der Waals surface area contributed by atoms with Gasteiger partial charge in [0.2, 0.25) is 0 Å². The van der Waals surface area contributed by atoms with E-state index in [0.29, 0.717) is 17.1 Å². The zero-order valence-corrected chi connectivity index (χ0v) is 23.6. The molecule has 0 saturated heterocycles. The number of benzene rings is 4. The number of carbonyl (C=O) groups excluding carboxylic acids is 1. The average Bonchev–Trinajstić information content (AvgIpc) is 3.00. The number of para-hydroxylation sites is 1. The van der Waals surface area contributed by atoms with E-state index in [2.05, 4.69) is 43.0 Å². The highest BCUT2D eigenvalue weighted by molar-refractivity contribution is 6.59. The molecule has 0 aromatic heterocycles. The SMILES string of the molecule is CCCCN(CCCC)c1ccc(/C=C/[C@H]2O[B-]3(OC(=O)c4ccccc4O3)Oc3c2ccc2ccccc32)cc1. The van der Waals surface area contributed by atoms with Gasteiger partial charge in [-0.05, 0) is 48.1 Å². The van der Waals surface area contributed by atoms with Crippen LogP contribution in [0, 0.1) is 0 Å². The second kappa shape index (κ2) is 11.7. The Morgan fingerprint density at radius 3 is 2.32 bits per heavy atom. The lowest BCUT2D eigenvalue weighted by atomic mass is 9.91. The number of unbranched alkanes of at least 4 members (excludes halogenated alkanes) is 2. The Hall–Kier alpha value is -4.23. The maximum absolute atomic E-state index is 13.0. The molecule has 4 aromatic rings. The van der Waals surface area contributed by atoms with Crippen LogP contribution in [0.25, 0.3) is 16.8 Å². The van der Waals surface area contributed by atoms with Crippen LogP contribution in [-0.4, -0.2) is 26.0 Å².